The van der Waals surface area contributed by atoms with E-state index < -0.39 is 11.7 Å². The summed E-state index contributed by atoms with van der Waals surface area (Å²) in [6.45, 7) is 0.573. The lowest BCUT2D eigenvalue weighted by Crippen LogP contribution is -2.09. The normalized spacial score (nSPS) is 11.4. The monoisotopic (exact) mass is 343 g/mol. The molecule has 5 heteroatoms. The second-order valence-corrected chi connectivity index (χ2v) is 5.21. The Labute approximate surface area is 123 Å². The van der Waals surface area contributed by atoms with Gasteiger partial charge < -0.3 is 5.32 Å². The number of rotatable bonds is 4. The molecule has 2 rings (SSSR count). The third-order valence-electron chi connectivity index (χ3n) is 2.87. The van der Waals surface area contributed by atoms with Crippen LogP contribution in [0.15, 0.2) is 53.0 Å². The minimum absolute atomic E-state index is 0.454. The number of anilines is 1. The molecule has 0 aliphatic heterocycles. The number of hydrogen-bond donors (Lipinski definition) is 1. The molecule has 0 fully saturated rings. The smallest absolute Gasteiger partial charge is 0.384 e. The van der Waals surface area contributed by atoms with Crippen molar-refractivity contribution in [2.24, 2.45) is 0 Å². The third kappa shape index (κ3) is 4.00. The zero-order chi connectivity index (χ0) is 14.6. The van der Waals surface area contributed by atoms with Crippen molar-refractivity contribution in [2.45, 2.75) is 12.6 Å². The summed E-state index contributed by atoms with van der Waals surface area (Å²) in [6.07, 6.45) is -3.57. The lowest BCUT2D eigenvalue weighted by molar-refractivity contribution is -0.137. The fraction of sp³-hybridized carbons (Fsp3) is 0.200. The number of alkyl halides is 3. The first kappa shape index (κ1) is 14.9. The van der Waals surface area contributed by atoms with Crippen LogP contribution in [0.2, 0.25) is 0 Å². The van der Waals surface area contributed by atoms with E-state index in [1.54, 1.807) is 0 Å². The highest BCUT2D eigenvalue weighted by molar-refractivity contribution is 9.10. The van der Waals surface area contributed by atoms with Crippen molar-refractivity contribution in [3.63, 3.8) is 0 Å². The van der Waals surface area contributed by atoms with Crippen LogP contribution in [-0.4, -0.2) is 6.54 Å². The third-order valence-corrected chi connectivity index (χ3v) is 3.56. The van der Waals surface area contributed by atoms with Crippen molar-refractivity contribution in [3.8, 4) is 0 Å². The number of nitrogens with one attached hydrogen (secondary N) is 1. The molecule has 0 bridgehead atoms. The standard InChI is InChI=1S/C15H13BrF3N/c16-13-7-6-12(15(17,18)19)10-14(13)20-9-8-11-4-2-1-3-5-11/h1-7,10,20H,8-9H2. The van der Waals surface area contributed by atoms with Crippen LogP contribution in [0.4, 0.5) is 18.9 Å². The molecule has 0 saturated carbocycles. The van der Waals surface area contributed by atoms with E-state index in [0.717, 1.165) is 24.1 Å². The van der Waals surface area contributed by atoms with E-state index in [2.05, 4.69) is 21.2 Å². The molecule has 0 atom stereocenters. The first-order chi connectivity index (χ1) is 9.47. The van der Waals surface area contributed by atoms with Gasteiger partial charge in [0.1, 0.15) is 0 Å². The fourth-order valence-corrected chi connectivity index (χ4v) is 2.21. The summed E-state index contributed by atoms with van der Waals surface area (Å²) in [5.74, 6) is 0. The van der Waals surface area contributed by atoms with Crippen LogP contribution in [0.3, 0.4) is 0 Å². The van der Waals surface area contributed by atoms with E-state index in [0.29, 0.717) is 16.7 Å². The SMILES string of the molecule is FC(F)(F)c1ccc(Br)c(NCCc2ccccc2)c1. The van der Waals surface area contributed by atoms with Crippen LogP contribution < -0.4 is 5.32 Å². The van der Waals surface area contributed by atoms with Crippen LogP contribution in [0.1, 0.15) is 11.1 Å². The van der Waals surface area contributed by atoms with Crippen molar-refractivity contribution >= 4 is 21.6 Å². The van der Waals surface area contributed by atoms with Gasteiger partial charge in [0.05, 0.1) is 5.56 Å². The molecule has 0 saturated heterocycles. The molecule has 1 nitrogen and oxygen atoms in total. The molecule has 20 heavy (non-hydrogen) atoms. The van der Waals surface area contributed by atoms with Crippen molar-refractivity contribution in [1.82, 2.24) is 0 Å². The maximum absolute atomic E-state index is 12.6. The van der Waals surface area contributed by atoms with Gasteiger partial charge in [-0.3, -0.25) is 0 Å². The van der Waals surface area contributed by atoms with E-state index in [1.165, 1.54) is 6.07 Å². The highest BCUT2D eigenvalue weighted by Gasteiger charge is 2.30. The van der Waals surface area contributed by atoms with Crippen LogP contribution in [-0.2, 0) is 12.6 Å². The van der Waals surface area contributed by atoms with Gasteiger partial charge in [0.15, 0.2) is 0 Å². The molecule has 2 aromatic carbocycles. The molecular formula is C15H13BrF3N. The molecule has 0 amide bonds. The van der Waals surface area contributed by atoms with E-state index in [1.807, 2.05) is 30.3 Å². The van der Waals surface area contributed by atoms with Gasteiger partial charge in [-0.1, -0.05) is 30.3 Å². The predicted octanol–water partition coefficient (Wildman–Crippen LogP) is 5.12. The molecule has 0 spiro atoms. The zero-order valence-corrected chi connectivity index (χ0v) is 12.1. The summed E-state index contributed by atoms with van der Waals surface area (Å²) < 4.78 is 38.6. The van der Waals surface area contributed by atoms with Crippen molar-refractivity contribution in [3.05, 3.63) is 64.1 Å². The first-order valence-electron chi connectivity index (χ1n) is 6.11. The highest BCUT2D eigenvalue weighted by Crippen LogP contribution is 2.33. The van der Waals surface area contributed by atoms with E-state index >= 15 is 0 Å². The molecule has 0 radical (unpaired) electrons. The summed E-state index contributed by atoms with van der Waals surface area (Å²) in [4.78, 5) is 0. The van der Waals surface area contributed by atoms with Gasteiger partial charge in [0.2, 0.25) is 0 Å². The quantitative estimate of drug-likeness (QED) is 0.812. The molecule has 2 aromatic rings. The van der Waals surface area contributed by atoms with Crippen LogP contribution in [0.25, 0.3) is 0 Å². The molecule has 106 valence electrons. The molecule has 0 aliphatic carbocycles. The fourth-order valence-electron chi connectivity index (χ4n) is 1.82. The van der Waals surface area contributed by atoms with E-state index in [4.69, 9.17) is 0 Å². The van der Waals surface area contributed by atoms with Crippen LogP contribution in [0.5, 0.6) is 0 Å². The molecule has 0 unspecified atom stereocenters. The molecule has 0 aliphatic rings. The van der Waals surface area contributed by atoms with Gasteiger partial charge >= 0.3 is 6.18 Å². The Morgan fingerprint density at radius 3 is 2.35 bits per heavy atom. The van der Waals surface area contributed by atoms with Gasteiger partial charge in [-0.15, -0.1) is 0 Å². The second kappa shape index (κ2) is 6.31. The molecule has 0 aromatic heterocycles. The lowest BCUT2D eigenvalue weighted by Gasteiger charge is -2.12. The summed E-state index contributed by atoms with van der Waals surface area (Å²) in [5.41, 5.74) is 0.946. The summed E-state index contributed by atoms with van der Waals surface area (Å²) in [6, 6.07) is 13.4. The molecular weight excluding hydrogens is 331 g/mol. The molecule has 0 heterocycles. The van der Waals surface area contributed by atoms with Gasteiger partial charge in [-0.2, -0.15) is 13.2 Å². The second-order valence-electron chi connectivity index (χ2n) is 4.35. The lowest BCUT2D eigenvalue weighted by atomic mass is 10.1. The van der Waals surface area contributed by atoms with Gasteiger partial charge in [-0.05, 0) is 46.1 Å². The number of benzene rings is 2. The Kier molecular flexibility index (Phi) is 4.70. The minimum Gasteiger partial charge on any atom is -0.384 e. The average molecular weight is 344 g/mol. The molecule has 1 N–H and O–H groups in total. The topological polar surface area (TPSA) is 12.0 Å². The van der Waals surface area contributed by atoms with Gasteiger partial charge in [0, 0.05) is 16.7 Å². The largest absolute Gasteiger partial charge is 0.416 e. The number of hydrogen-bond acceptors (Lipinski definition) is 1. The minimum atomic E-state index is -4.32. The average Bonchev–Trinajstić information content (AvgIpc) is 2.41. The number of halogens is 4. The zero-order valence-electron chi connectivity index (χ0n) is 10.5. The van der Waals surface area contributed by atoms with Gasteiger partial charge in [-0.25, -0.2) is 0 Å². The summed E-state index contributed by atoms with van der Waals surface area (Å²) in [7, 11) is 0. The maximum Gasteiger partial charge on any atom is 0.416 e. The Morgan fingerprint density at radius 1 is 1.00 bits per heavy atom. The first-order valence-corrected chi connectivity index (χ1v) is 6.90. The Morgan fingerprint density at radius 2 is 1.70 bits per heavy atom. The maximum atomic E-state index is 12.6. The summed E-state index contributed by atoms with van der Waals surface area (Å²) >= 11 is 3.25. The Bertz CT molecular complexity index is 567. The van der Waals surface area contributed by atoms with Gasteiger partial charge in [0.25, 0.3) is 0 Å². The van der Waals surface area contributed by atoms with Crippen molar-refractivity contribution in [2.75, 3.05) is 11.9 Å². The predicted molar refractivity (Wildman–Crippen MR) is 77.8 cm³/mol. The Hall–Kier alpha value is -1.49. The highest BCUT2D eigenvalue weighted by atomic mass is 79.9. The van der Waals surface area contributed by atoms with E-state index in [-0.39, 0.29) is 0 Å². The van der Waals surface area contributed by atoms with Crippen molar-refractivity contribution < 1.29 is 13.2 Å². The van der Waals surface area contributed by atoms with Crippen LogP contribution in [0, 0.1) is 0 Å². The van der Waals surface area contributed by atoms with Crippen LogP contribution >= 0.6 is 15.9 Å². The van der Waals surface area contributed by atoms with Crippen molar-refractivity contribution in [1.29, 1.82) is 0 Å². The Balaban J connectivity index is 2.02. The summed E-state index contributed by atoms with van der Waals surface area (Å²) in [5, 5.41) is 3.03. The van der Waals surface area contributed by atoms with E-state index in [9.17, 15) is 13.2 Å².